The van der Waals surface area contributed by atoms with Crippen LogP contribution in [0.2, 0.25) is 0 Å². The molecule has 16 heavy (non-hydrogen) atoms. The molecule has 0 aliphatic heterocycles. The zero-order valence-corrected chi connectivity index (χ0v) is 10.8. The molecule has 0 saturated heterocycles. The minimum absolute atomic E-state index is 0.414. The van der Waals surface area contributed by atoms with Crippen molar-refractivity contribution in [2.24, 2.45) is 0 Å². The van der Waals surface area contributed by atoms with Gasteiger partial charge in [-0.25, -0.2) is 0 Å². The number of ether oxygens (including phenoxy) is 1. The number of hydrogen-bond donors (Lipinski definition) is 0. The van der Waals surface area contributed by atoms with Crippen LogP contribution >= 0.6 is 34.2 Å². The summed E-state index contributed by atoms with van der Waals surface area (Å²) in [6.07, 6.45) is -4.68. The number of alkyl halides is 3. The van der Waals surface area contributed by atoms with Crippen molar-refractivity contribution in [3.63, 3.8) is 0 Å². The van der Waals surface area contributed by atoms with Crippen molar-refractivity contribution in [1.29, 1.82) is 0 Å². The molecule has 88 valence electrons. The first-order chi connectivity index (χ1) is 7.27. The van der Waals surface area contributed by atoms with Crippen LogP contribution in [0.1, 0.15) is 15.9 Å². The molecule has 0 saturated carbocycles. The molecule has 0 spiro atoms. The molecule has 7 heteroatoms. The fourth-order valence-corrected chi connectivity index (χ4v) is 1.93. The molecule has 0 heterocycles. The van der Waals surface area contributed by atoms with Crippen molar-refractivity contribution >= 4 is 39.4 Å². The summed E-state index contributed by atoms with van der Waals surface area (Å²) in [5.41, 5.74) is -1.74. The van der Waals surface area contributed by atoms with Gasteiger partial charge in [0.2, 0.25) is 0 Å². The molecular weight excluding hydrogens is 359 g/mol. The minimum Gasteiger partial charge on any atom is -0.496 e. The first-order valence-electron chi connectivity index (χ1n) is 3.92. The quantitative estimate of drug-likeness (QED) is 0.591. The Labute approximate surface area is 108 Å². The molecule has 0 bridgehead atoms. The molecule has 0 atom stereocenters. The van der Waals surface area contributed by atoms with Crippen molar-refractivity contribution in [2.45, 2.75) is 6.18 Å². The Kier molecular flexibility index (Phi) is 4.06. The van der Waals surface area contributed by atoms with E-state index in [1.807, 2.05) is 0 Å². The van der Waals surface area contributed by atoms with Crippen LogP contribution in [-0.4, -0.2) is 12.4 Å². The highest BCUT2D eigenvalue weighted by molar-refractivity contribution is 14.1. The lowest BCUT2D eigenvalue weighted by Crippen LogP contribution is -2.13. The summed E-state index contributed by atoms with van der Waals surface area (Å²) in [7, 11) is 1.10. The van der Waals surface area contributed by atoms with Crippen molar-refractivity contribution in [1.82, 2.24) is 0 Å². The number of benzene rings is 1. The lowest BCUT2D eigenvalue weighted by Gasteiger charge is -2.15. The molecule has 0 amide bonds. The average Bonchev–Trinajstić information content (AvgIpc) is 2.14. The molecule has 0 fully saturated rings. The Bertz CT molecular complexity index is 431. The number of rotatable bonds is 2. The van der Waals surface area contributed by atoms with E-state index in [0.717, 1.165) is 13.2 Å². The third-order valence-electron chi connectivity index (χ3n) is 1.78. The van der Waals surface area contributed by atoms with Crippen LogP contribution in [-0.2, 0) is 6.18 Å². The Hall–Kier alpha value is -0.500. The number of methoxy groups -OCH3 is 1. The summed E-state index contributed by atoms with van der Waals surface area (Å²) in [6.45, 7) is 0. The first kappa shape index (κ1) is 13.6. The Morgan fingerprint density at radius 2 is 2.00 bits per heavy atom. The van der Waals surface area contributed by atoms with Gasteiger partial charge in [0.15, 0.2) is 0 Å². The molecule has 1 rings (SSSR count). The van der Waals surface area contributed by atoms with Gasteiger partial charge in [-0.05, 0) is 46.3 Å². The van der Waals surface area contributed by atoms with Gasteiger partial charge in [0.05, 0.1) is 12.7 Å². The second-order valence-electron chi connectivity index (χ2n) is 2.80. The van der Waals surface area contributed by atoms with Crippen LogP contribution < -0.4 is 4.74 Å². The summed E-state index contributed by atoms with van der Waals surface area (Å²) >= 11 is 6.89. The van der Waals surface area contributed by atoms with Crippen molar-refractivity contribution < 1.29 is 22.7 Å². The predicted molar refractivity (Wildman–Crippen MR) is 60.9 cm³/mol. The van der Waals surface area contributed by atoms with E-state index >= 15 is 0 Å². The average molecular weight is 364 g/mol. The Morgan fingerprint density at radius 1 is 1.44 bits per heavy atom. The van der Waals surface area contributed by atoms with Crippen molar-refractivity contribution in [3.8, 4) is 5.75 Å². The van der Waals surface area contributed by atoms with Gasteiger partial charge in [-0.2, -0.15) is 13.2 Å². The maximum atomic E-state index is 12.7. The van der Waals surface area contributed by atoms with E-state index in [1.54, 1.807) is 22.6 Å². The molecule has 0 aliphatic rings. The van der Waals surface area contributed by atoms with Gasteiger partial charge in [-0.1, -0.05) is 0 Å². The van der Waals surface area contributed by atoms with E-state index in [1.165, 1.54) is 6.07 Å². The molecule has 0 unspecified atom stereocenters. The third kappa shape index (κ3) is 2.79. The van der Waals surface area contributed by atoms with Gasteiger partial charge < -0.3 is 4.74 Å². The van der Waals surface area contributed by atoms with E-state index in [9.17, 15) is 18.0 Å². The topological polar surface area (TPSA) is 26.3 Å². The predicted octanol–water partition coefficient (Wildman–Crippen LogP) is 3.70. The SMILES string of the molecule is COc1cc(I)cc(C(=O)Cl)c1C(F)(F)F. The lowest BCUT2D eigenvalue weighted by atomic mass is 10.1. The number of carbonyl (C=O) groups excluding carboxylic acids is 1. The largest absolute Gasteiger partial charge is 0.496 e. The molecule has 2 nitrogen and oxygen atoms in total. The molecular formula is C9H5ClF3IO2. The summed E-state index contributed by atoms with van der Waals surface area (Å²) in [6, 6.07) is 2.26. The molecule has 0 aliphatic carbocycles. The second kappa shape index (κ2) is 4.79. The smallest absolute Gasteiger partial charge is 0.420 e. The standard InChI is InChI=1S/C9H5ClF3IO2/c1-16-6-3-4(14)2-5(8(10)15)7(6)9(11,12)13/h2-3H,1H3. The Morgan fingerprint density at radius 3 is 2.38 bits per heavy atom. The van der Waals surface area contributed by atoms with E-state index in [0.29, 0.717) is 3.57 Å². The number of carbonyl (C=O) groups is 1. The van der Waals surface area contributed by atoms with E-state index in [2.05, 4.69) is 4.74 Å². The zero-order valence-electron chi connectivity index (χ0n) is 7.86. The summed E-state index contributed by atoms with van der Waals surface area (Å²) in [5, 5.41) is -1.16. The zero-order chi connectivity index (χ0) is 12.5. The van der Waals surface area contributed by atoms with Gasteiger partial charge in [0, 0.05) is 3.57 Å². The van der Waals surface area contributed by atoms with Gasteiger partial charge in [0.25, 0.3) is 5.24 Å². The lowest BCUT2D eigenvalue weighted by molar-refractivity contribution is -0.139. The molecule has 0 aromatic heterocycles. The molecule has 0 radical (unpaired) electrons. The second-order valence-corrected chi connectivity index (χ2v) is 4.39. The van der Waals surface area contributed by atoms with E-state index < -0.39 is 28.3 Å². The van der Waals surface area contributed by atoms with Gasteiger partial charge in [0.1, 0.15) is 11.3 Å². The van der Waals surface area contributed by atoms with Gasteiger partial charge in [-0.3, -0.25) is 4.79 Å². The van der Waals surface area contributed by atoms with Crippen LogP contribution in [0.25, 0.3) is 0 Å². The van der Waals surface area contributed by atoms with Gasteiger partial charge in [-0.15, -0.1) is 0 Å². The van der Waals surface area contributed by atoms with Crippen LogP contribution in [0.3, 0.4) is 0 Å². The van der Waals surface area contributed by atoms with Crippen molar-refractivity contribution in [2.75, 3.05) is 7.11 Å². The van der Waals surface area contributed by atoms with Crippen LogP contribution in [0.5, 0.6) is 5.75 Å². The normalized spacial score (nSPS) is 11.4. The van der Waals surface area contributed by atoms with Crippen LogP contribution in [0.4, 0.5) is 13.2 Å². The Balaban J connectivity index is 3.58. The summed E-state index contributed by atoms with van der Waals surface area (Å²) in [5.74, 6) is -0.414. The highest BCUT2D eigenvalue weighted by atomic mass is 127. The number of hydrogen-bond acceptors (Lipinski definition) is 2. The van der Waals surface area contributed by atoms with E-state index in [-0.39, 0.29) is 0 Å². The monoisotopic (exact) mass is 364 g/mol. The first-order valence-corrected chi connectivity index (χ1v) is 5.37. The fourth-order valence-electron chi connectivity index (χ4n) is 1.19. The summed E-state index contributed by atoms with van der Waals surface area (Å²) < 4.78 is 43.1. The maximum Gasteiger partial charge on any atom is 0.420 e. The molecule has 1 aromatic rings. The number of halogens is 5. The molecule has 0 N–H and O–H groups in total. The van der Waals surface area contributed by atoms with Crippen LogP contribution in [0.15, 0.2) is 12.1 Å². The van der Waals surface area contributed by atoms with E-state index in [4.69, 9.17) is 11.6 Å². The highest BCUT2D eigenvalue weighted by Gasteiger charge is 2.38. The van der Waals surface area contributed by atoms with Crippen molar-refractivity contribution in [3.05, 3.63) is 26.8 Å². The van der Waals surface area contributed by atoms with Crippen LogP contribution in [0, 0.1) is 3.57 Å². The highest BCUT2D eigenvalue weighted by Crippen LogP contribution is 2.40. The maximum absolute atomic E-state index is 12.7. The third-order valence-corrected chi connectivity index (χ3v) is 2.61. The van der Waals surface area contributed by atoms with Gasteiger partial charge >= 0.3 is 6.18 Å². The molecule has 1 aromatic carbocycles. The fraction of sp³-hybridized carbons (Fsp3) is 0.222. The minimum atomic E-state index is -4.68. The summed E-state index contributed by atoms with van der Waals surface area (Å²) in [4.78, 5) is 10.9.